The molecule has 0 rings (SSSR count). The number of rotatable bonds is 7. The summed E-state index contributed by atoms with van der Waals surface area (Å²) in [4.78, 5) is 11.3. The van der Waals surface area contributed by atoms with Gasteiger partial charge in [-0.2, -0.15) is 0 Å². The molecular formula is C9H20O6Si. The maximum atomic E-state index is 11.3. The summed E-state index contributed by atoms with van der Waals surface area (Å²) >= 11 is 0. The molecule has 0 radical (unpaired) electrons. The van der Waals surface area contributed by atoms with Gasteiger partial charge >= 0.3 is 0 Å². The fourth-order valence-electron chi connectivity index (χ4n) is 0.882. The van der Waals surface area contributed by atoms with E-state index in [4.69, 9.17) is 14.6 Å². The molecule has 0 saturated heterocycles. The molecule has 0 aromatic carbocycles. The fraction of sp³-hybridized carbons (Fsp3) is 0.889. The molecule has 0 aliphatic carbocycles. The van der Waals surface area contributed by atoms with Crippen molar-refractivity contribution in [1.82, 2.24) is 0 Å². The van der Waals surface area contributed by atoms with E-state index >= 15 is 0 Å². The van der Waals surface area contributed by atoms with Gasteiger partial charge in [0, 0.05) is 0 Å². The van der Waals surface area contributed by atoms with Crippen molar-refractivity contribution in [3.63, 3.8) is 0 Å². The topological polar surface area (TPSA) is 107 Å². The zero-order chi connectivity index (χ0) is 12.9. The lowest BCUT2D eigenvalue weighted by Gasteiger charge is -2.22. The predicted molar refractivity (Wildman–Crippen MR) is 59.4 cm³/mol. The van der Waals surface area contributed by atoms with Crippen molar-refractivity contribution in [2.45, 2.75) is 38.0 Å². The molecule has 7 heteroatoms. The van der Waals surface area contributed by atoms with Gasteiger partial charge in [-0.05, 0) is 19.6 Å². The first-order chi connectivity index (χ1) is 7.19. The van der Waals surface area contributed by atoms with Gasteiger partial charge < -0.3 is 24.9 Å². The third-order valence-electron chi connectivity index (χ3n) is 1.88. The van der Waals surface area contributed by atoms with Crippen molar-refractivity contribution < 1.29 is 29.6 Å². The zero-order valence-corrected chi connectivity index (χ0v) is 10.8. The molecule has 3 atom stereocenters. The third-order valence-corrected chi connectivity index (χ3v) is 2.89. The summed E-state index contributed by atoms with van der Waals surface area (Å²) in [6.45, 7) is 4.62. The lowest BCUT2D eigenvalue weighted by molar-refractivity contribution is -0.142. The number of hydrogen-bond donors (Lipinski definition) is 4. The molecular weight excluding hydrogens is 232 g/mol. The quantitative estimate of drug-likeness (QED) is 0.410. The van der Waals surface area contributed by atoms with Gasteiger partial charge in [-0.1, -0.05) is 0 Å². The minimum atomic E-state index is -1.86. The molecule has 3 unspecified atom stereocenters. The Balaban J connectivity index is 4.18. The van der Waals surface area contributed by atoms with E-state index in [2.05, 4.69) is 0 Å². The maximum absolute atomic E-state index is 11.3. The van der Waals surface area contributed by atoms with Gasteiger partial charge in [0.2, 0.25) is 0 Å². The highest BCUT2D eigenvalue weighted by molar-refractivity contribution is 6.69. The maximum Gasteiger partial charge on any atom is 0.188 e. The van der Waals surface area contributed by atoms with Crippen LogP contribution < -0.4 is 0 Å². The van der Waals surface area contributed by atoms with Crippen LogP contribution in [0.25, 0.3) is 0 Å². The van der Waals surface area contributed by atoms with E-state index < -0.39 is 39.0 Å². The number of Topliss-reactive ketones (excluding diaryl/α,β-unsaturated/α-hetero) is 1. The average molecular weight is 252 g/mol. The van der Waals surface area contributed by atoms with Crippen molar-refractivity contribution in [3.8, 4) is 0 Å². The van der Waals surface area contributed by atoms with Crippen molar-refractivity contribution in [3.05, 3.63) is 0 Å². The molecule has 0 heterocycles. The molecule has 0 saturated carbocycles. The number of aliphatic hydroxyl groups is 4. The first-order valence-electron chi connectivity index (χ1n) is 5.00. The van der Waals surface area contributed by atoms with Crippen molar-refractivity contribution in [2.24, 2.45) is 0 Å². The van der Waals surface area contributed by atoms with Crippen molar-refractivity contribution in [1.29, 1.82) is 0 Å². The van der Waals surface area contributed by atoms with E-state index in [-0.39, 0.29) is 6.61 Å². The summed E-state index contributed by atoms with van der Waals surface area (Å²) < 4.78 is 5.25. The minimum absolute atomic E-state index is 0.300. The summed E-state index contributed by atoms with van der Waals surface area (Å²) in [7, 11) is -1.86. The standard InChI is InChI=1S/C9H20O6Si/c1-16(2,3)15-5-7(12)9(14)8(13)6(11)4-10/h6,8-11,13-14H,4-5H2,1-3H3. The lowest BCUT2D eigenvalue weighted by Crippen LogP contribution is -2.46. The van der Waals surface area contributed by atoms with Crippen LogP contribution in [0.1, 0.15) is 0 Å². The second kappa shape index (κ2) is 6.43. The van der Waals surface area contributed by atoms with Gasteiger partial charge in [-0.15, -0.1) is 0 Å². The van der Waals surface area contributed by atoms with Crippen molar-refractivity contribution in [2.75, 3.05) is 13.2 Å². The second-order valence-corrected chi connectivity index (χ2v) is 9.07. The van der Waals surface area contributed by atoms with Crippen LogP contribution in [-0.4, -0.2) is 66.1 Å². The molecule has 0 aromatic heterocycles. The van der Waals surface area contributed by atoms with Gasteiger partial charge in [-0.3, -0.25) is 4.79 Å². The molecule has 4 N–H and O–H groups in total. The highest BCUT2D eigenvalue weighted by Gasteiger charge is 2.30. The predicted octanol–water partition coefficient (Wildman–Crippen LogP) is -1.52. The molecule has 0 bridgehead atoms. The van der Waals surface area contributed by atoms with Crippen LogP contribution >= 0.6 is 0 Å². The Labute approximate surface area is 95.6 Å². The van der Waals surface area contributed by atoms with E-state index in [0.717, 1.165) is 0 Å². The van der Waals surface area contributed by atoms with Gasteiger partial charge in [-0.25, -0.2) is 0 Å². The summed E-state index contributed by atoms with van der Waals surface area (Å²) in [6, 6.07) is 0. The number of carbonyl (C=O) groups is 1. The molecule has 0 aliphatic heterocycles. The van der Waals surface area contributed by atoms with E-state index in [1.165, 1.54) is 0 Å². The Bertz CT molecular complexity index is 227. The summed E-state index contributed by atoms with van der Waals surface area (Å²) in [5.41, 5.74) is 0. The highest BCUT2D eigenvalue weighted by atomic mass is 28.4. The van der Waals surface area contributed by atoms with Crippen LogP contribution in [-0.2, 0) is 9.22 Å². The summed E-state index contributed by atoms with van der Waals surface area (Å²) in [5.74, 6) is -0.706. The largest absolute Gasteiger partial charge is 0.410 e. The second-order valence-electron chi connectivity index (χ2n) is 4.55. The molecule has 6 nitrogen and oxygen atoms in total. The van der Waals surface area contributed by atoms with Crippen LogP contribution in [0.4, 0.5) is 0 Å². The highest BCUT2D eigenvalue weighted by Crippen LogP contribution is 2.06. The van der Waals surface area contributed by atoms with Crippen molar-refractivity contribution >= 4 is 14.1 Å². The Morgan fingerprint density at radius 3 is 2.12 bits per heavy atom. The molecule has 0 aromatic rings. The monoisotopic (exact) mass is 252 g/mol. The Morgan fingerprint density at radius 2 is 1.75 bits per heavy atom. The molecule has 96 valence electrons. The summed E-state index contributed by atoms with van der Waals surface area (Å²) in [6.07, 6.45) is -4.97. The van der Waals surface area contributed by atoms with Gasteiger partial charge in [0.05, 0.1) is 13.2 Å². The fourth-order valence-corrected chi connectivity index (χ4v) is 1.46. The third kappa shape index (κ3) is 5.68. The van der Waals surface area contributed by atoms with Crippen LogP contribution in [0.3, 0.4) is 0 Å². The summed E-state index contributed by atoms with van der Waals surface area (Å²) in [5, 5.41) is 36.2. The van der Waals surface area contributed by atoms with E-state index in [9.17, 15) is 15.0 Å². The minimum Gasteiger partial charge on any atom is -0.410 e. The number of ketones is 1. The smallest absolute Gasteiger partial charge is 0.188 e. The first-order valence-corrected chi connectivity index (χ1v) is 8.41. The van der Waals surface area contributed by atoms with Crippen LogP contribution in [0.5, 0.6) is 0 Å². The lowest BCUT2D eigenvalue weighted by atomic mass is 10.1. The normalized spacial score (nSPS) is 17.9. The molecule has 0 fully saturated rings. The Morgan fingerprint density at radius 1 is 1.25 bits per heavy atom. The number of carbonyl (C=O) groups excluding carboxylic acids is 1. The molecule has 0 amide bonds. The zero-order valence-electron chi connectivity index (χ0n) is 9.75. The molecule has 16 heavy (non-hydrogen) atoms. The average Bonchev–Trinajstić information content (AvgIpc) is 2.21. The van der Waals surface area contributed by atoms with E-state index in [0.29, 0.717) is 0 Å². The van der Waals surface area contributed by atoms with Gasteiger partial charge in [0.25, 0.3) is 0 Å². The Hall–Kier alpha value is -0.313. The van der Waals surface area contributed by atoms with Crippen LogP contribution in [0, 0.1) is 0 Å². The molecule has 0 aliphatic rings. The van der Waals surface area contributed by atoms with Gasteiger partial charge in [0.1, 0.15) is 18.3 Å². The van der Waals surface area contributed by atoms with Crippen LogP contribution in [0.2, 0.25) is 19.6 Å². The SMILES string of the molecule is C[Si](C)(C)OCC(=O)C(O)C(O)C(O)CO. The van der Waals surface area contributed by atoms with Gasteiger partial charge in [0.15, 0.2) is 14.1 Å². The molecule has 0 spiro atoms. The van der Waals surface area contributed by atoms with Crippen LogP contribution in [0.15, 0.2) is 0 Å². The number of aliphatic hydroxyl groups excluding tert-OH is 4. The van der Waals surface area contributed by atoms with E-state index in [1.807, 2.05) is 19.6 Å². The number of hydrogen-bond acceptors (Lipinski definition) is 6. The Kier molecular flexibility index (Phi) is 6.30. The first kappa shape index (κ1) is 15.7. The van der Waals surface area contributed by atoms with E-state index in [1.54, 1.807) is 0 Å².